The van der Waals surface area contributed by atoms with Crippen LogP contribution in [0.5, 0.6) is 0 Å². The van der Waals surface area contributed by atoms with Gasteiger partial charge in [-0.15, -0.1) is 10.2 Å². The second-order valence-electron chi connectivity index (χ2n) is 6.33. The molecule has 0 bridgehead atoms. The maximum Gasteiger partial charge on any atom is 0.237 e. The molecule has 26 heavy (non-hydrogen) atoms. The number of nitrogens with one attached hydrogen (secondary N) is 1. The zero-order valence-electron chi connectivity index (χ0n) is 15.3. The normalized spacial score (nSPS) is 12.3. The van der Waals surface area contributed by atoms with Crippen molar-refractivity contribution in [2.24, 2.45) is 7.05 Å². The third-order valence-corrected chi connectivity index (χ3v) is 5.20. The molecular weight excluding hydrogens is 348 g/mol. The monoisotopic (exact) mass is 370 g/mol. The van der Waals surface area contributed by atoms with Gasteiger partial charge in [-0.2, -0.15) is 0 Å². The minimum Gasteiger partial charge on any atom is -0.461 e. The fourth-order valence-corrected chi connectivity index (χ4v) is 3.41. The smallest absolute Gasteiger partial charge is 0.237 e. The molecule has 0 fully saturated rings. The molecule has 1 N–H and O–H groups in total. The molecule has 136 valence electrons. The molecule has 0 spiro atoms. The lowest BCUT2D eigenvalue weighted by Gasteiger charge is -2.16. The Kier molecular flexibility index (Phi) is 5.46. The first-order chi connectivity index (χ1) is 12.5. The van der Waals surface area contributed by atoms with E-state index >= 15 is 0 Å². The number of aromatic nitrogens is 3. The minimum absolute atomic E-state index is 0.0642. The number of carbonyl (C=O) groups excluding carboxylic acids is 1. The van der Waals surface area contributed by atoms with Crippen LogP contribution in [0.2, 0.25) is 0 Å². The largest absolute Gasteiger partial charge is 0.461 e. The van der Waals surface area contributed by atoms with Crippen LogP contribution in [0.25, 0.3) is 11.6 Å². The van der Waals surface area contributed by atoms with Gasteiger partial charge < -0.3 is 14.3 Å². The molecular formula is C19H22N4O2S. The van der Waals surface area contributed by atoms with E-state index in [1.165, 1.54) is 11.8 Å². The Hall–Kier alpha value is -2.54. The number of hydrogen-bond acceptors (Lipinski definition) is 5. The van der Waals surface area contributed by atoms with Crippen molar-refractivity contribution < 1.29 is 9.21 Å². The molecule has 1 atom stereocenters. The van der Waals surface area contributed by atoms with Crippen molar-refractivity contribution in [2.45, 2.75) is 37.1 Å². The van der Waals surface area contributed by atoms with Crippen LogP contribution in [0.3, 0.4) is 0 Å². The van der Waals surface area contributed by atoms with Crippen LogP contribution in [-0.4, -0.2) is 25.9 Å². The summed E-state index contributed by atoms with van der Waals surface area (Å²) in [5, 5.41) is 11.7. The molecule has 1 aromatic carbocycles. The van der Waals surface area contributed by atoms with E-state index < -0.39 is 0 Å². The standard InChI is InChI=1S/C19H22N4O2S/c1-12(2)14-8-5-6-9-15(14)20-18(24)13(3)26-19-22-21-17(23(19)4)16-10-7-11-25-16/h5-13H,1-4H3,(H,20,24)/t13-/m0/s1. The molecule has 0 saturated heterocycles. The van der Waals surface area contributed by atoms with E-state index in [4.69, 9.17) is 4.42 Å². The van der Waals surface area contributed by atoms with Gasteiger partial charge in [0.15, 0.2) is 16.7 Å². The molecule has 0 saturated carbocycles. The van der Waals surface area contributed by atoms with Crippen molar-refractivity contribution in [3.63, 3.8) is 0 Å². The Morgan fingerprint density at radius 2 is 1.92 bits per heavy atom. The molecule has 0 aliphatic rings. The lowest BCUT2D eigenvalue weighted by atomic mass is 10.0. The highest BCUT2D eigenvalue weighted by atomic mass is 32.2. The number of hydrogen-bond donors (Lipinski definition) is 1. The molecule has 3 aromatic rings. The Morgan fingerprint density at radius 3 is 2.62 bits per heavy atom. The molecule has 3 rings (SSSR count). The van der Waals surface area contributed by atoms with E-state index in [9.17, 15) is 4.79 Å². The van der Waals surface area contributed by atoms with Gasteiger partial charge in [-0.1, -0.05) is 43.8 Å². The van der Waals surface area contributed by atoms with E-state index in [0.717, 1.165) is 11.3 Å². The Balaban J connectivity index is 1.71. The van der Waals surface area contributed by atoms with Gasteiger partial charge in [-0.3, -0.25) is 4.79 Å². The minimum atomic E-state index is -0.317. The summed E-state index contributed by atoms with van der Waals surface area (Å²) >= 11 is 1.37. The van der Waals surface area contributed by atoms with Crippen molar-refractivity contribution in [1.29, 1.82) is 0 Å². The Labute approximate surface area is 157 Å². The highest BCUT2D eigenvalue weighted by Gasteiger charge is 2.21. The lowest BCUT2D eigenvalue weighted by Crippen LogP contribution is -2.23. The highest BCUT2D eigenvalue weighted by Crippen LogP contribution is 2.28. The average molecular weight is 370 g/mol. The van der Waals surface area contributed by atoms with Gasteiger partial charge in [0.05, 0.1) is 11.5 Å². The number of rotatable bonds is 6. The number of para-hydroxylation sites is 1. The van der Waals surface area contributed by atoms with Crippen LogP contribution < -0.4 is 5.32 Å². The van der Waals surface area contributed by atoms with Gasteiger partial charge in [0.1, 0.15) is 0 Å². The first-order valence-electron chi connectivity index (χ1n) is 8.47. The van der Waals surface area contributed by atoms with Crippen molar-refractivity contribution >= 4 is 23.4 Å². The topological polar surface area (TPSA) is 73.0 Å². The number of thioether (sulfide) groups is 1. The number of nitrogens with zero attached hydrogens (tertiary/aromatic N) is 3. The number of anilines is 1. The van der Waals surface area contributed by atoms with E-state index in [2.05, 4.69) is 29.4 Å². The number of benzene rings is 1. The van der Waals surface area contributed by atoms with Gasteiger partial charge in [0.25, 0.3) is 0 Å². The second kappa shape index (κ2) is 7.78. The summed E-state index contributed by atoms with van der Waals surface area (Å²) in [5.74, 6) is 1.56. The second-order valence-corrected chi connectivity index (χ2v) is 7.64. The van der Waals surface area contributed by atoms with Crippen LogP contribution >= 0.6 is 11.8 Å². The Morgan fingerprint density at radius 1 is 1.15 bits per heavy atom. The van der Waals surface area contributed by atoms with Crippen molar-refractivity contribution in [3.8, 4) is 11.6 Å². The quantitative estimate of drug-likeness (QED) is 0.654. The summed E-state index contributed by atoms with van der Waals surface area (Å²) < 4.78 is 7.20. The predicted molar refractivity (Wildman–Crippen MR) is 103 cm³/mol. The van der Waals surface area contributed by atoms with E-state index in [-0.39, 0.29) is 11.2 Å². The van der Waals surface area contributed by atoms with Crippen LogP contribution in [0.4, 0.5) is 5.69 Å². The van der Waals surface area contributed by atoms with Crippen molar-refractivity contribution in [2.75, 3.05) is 5.32 Å². The summed E-state index contributed by atoms with van der Waals surface area (Å²) in [5.41, 5.74) is 1.98. The molecule has 0 radical (unpaired) electrons. The summed E-state index contributed by atoms with van der Waals surface area (Å²) in [4.78, 5) is 12.6. The third-order valence-electron chi connectivity index (χ3n) is 4.07. The number of amides is 1. The summed E-state index contributed by atoms with van der Waals surface area (Å²) in [6.45, 7) is 6.08. The van der Waals surface area contributed by atoms with E-state index in [0.29, 0.717) is 22.7 Å². The first-order valence-corrected chi connectivity index (χ1v) is 9.35. The van der Waals surface area contributed by atoms with Crippen LogP contribution in [0, 0.1) is 0 Å². The molecule has 0 aliphatic heterocycles. The SMILES string of the molecule is CC(C)c1ccccc1NC(=O)[C@H](C)Sc1nnc(-c2ccco2)n1C. The maximum absolute atomic E-state index is 12.6. The number of carbonyl (C=O) groups is 1. The molecule has 7 heteroatoms. The van der Waals surface area contributed by atoms with Crippen molar-refractivity contribution in [3.05, 3.63) is 48.2 Å². The van der Waals surface area contributed by atoms with Crippen LogP contribution in [0.1, 0.15) is 32.3 Å². The molecule has 2 aromatic heterocycles. The Bertz CT molecular complexity index is 887. The van der Waals surface area contributed by atoms with Gasteiger partial charge in [0.2, 0.25) is 5.91 Å². The first kappa shape index (κ1) is 18.3. The molecule has 6 nitrogen and oxygen atoms in total. The zero-order valence-corrected chi connectivity index (χ0v) is 16.1. The van der Waals surface area contributed by atoms with E-state index in [1.807, 2.05) is 48.9 Å². The average Bonchev–Trinajstić information content (AvgIpc) is 3.25. The predicted octanol–water partition coefficient (Wildman–Crippen LogP) is 4.32. The van der Waals surface area contributed by atoms with Gasteiger partial charge in [-0.25, -0.2) is 0 Å². The third kappa shape index (κ3) is 3.83. The van der Waals surface area contributed by atoms with Crippen LogP contribution in [-0.2, 0) is 11.8 Å². The molecule has 2 heterocycles. The van der Waals surface area contributed by atoms with Gasteiger partial charge in [-0.05, 0) is 36.6 Å². The summed E-state index contributed by atoms with van der Waals surface area (Å²) in [6, 6.07) is 11.5. The maximum atomic E-state index is 12.6. The van der Waals surface area contributed by atoms with Crippen molar-refractivity contribution in [1.82, 2.24) is 14.8 Å². The molecule has 1 amide bonds. The van der Waals surface area contributed by atoms with Gasteiger partial charge >= 0.3 is 0 Å². The fraction of sp³-hybridized carbons (Fsp3) is 0.316. The zero-order chi connectivity index (χ0) is 18.7. The fourth-order valence-electron chi connectivity index (χ4n) is 2.60. The van der Waals surface area contributed by atoms with Gasteiger partial charge in [0, 0.05) is 12.7 Å². The summed E-state index contributed by atoms with van der Waals surface area (Å²) in [6.07, 6.45) is 1.60. The van der Waals surface area contributed by atoms with E-state index in [1.54, 1.807) is 12.3 Å². The lowest BCUT2D eigenvalue weighted by molar-refractivity contribution is -0.115. The number of furan rings is 1. The molecule has 0 unspecified atom stereocenters. The van der Waals surface area contributed by atoms with Crippen LogP contribution in [0.15, 0.2) is 52.2 Å². The molecule has 0 aliphatic carbocycles. The summed E-state index contributed by atoms with van der Waals surface area (Å²) in [7, 11) is 1.86. The highest BCUT2D eigenvalue weighted by molar-refractivity contribution is 8.00.